The van der Waals surface area contributed by atoms with Crippen LogP contribution in [0.15, 0.2) is 30.1 Å². The lowest BCUT2D eigenvalue weighted by atomic mass is 9.98. The van der Waals surface area contributed by atoms with Gasteiger partial charge in [0.15, 0.2) is 0 Å². The SMILES string of the molecule is CC(C)(C)OC(=O)NC/C(=C/F)COc1ccc2c(c1)CCN(CC(=O)NCC(F)(F)F)C2=O. The average molecular weight is 489 g/mol. The highest BCUT2D eigenvalue weighted by Gasteiger charge is 2.30. The van der Waals surface area contributed by atoms with Gasteiger partial charge in [0, 0.05) is 24.2 Å². The van der Waals surface area contributed by atoms with Crippen LogP contribution in [-0.4, -0.2) is 67.4 Å². The van der Waals surface area contributed by atoms with Crippen molar-refractivity contribution in [3.8, 4) is 5.75 Å². The van der Waals surface area contributed by atoms with Crippen molar-refractivity contribution >= 4 is 17.9 Å². The minimum absolute atomic E-state index is 0.125. The molecule has 1 aliphatic rings. The van der Waals surface area contributed by atoms with Crippen molar-refractivity contribution in [3.63, 3.8) is 0 Å². The summed E-state index contributed by atoms with van der Waals surface area (Å²) >= 11 is 0. The van der Waals surface area contributed by atoms with Crippen molar-refractivity contribution < 1.29 is 41.4 Å². The van der Waals surface area contributed by atoms with Crippen LogP contribution in [0.5, 0.6) is 5.75 Å². The third-order valence-electron chi connectivity index (χ3n) is 4.50. The van der Waals surface area contributed by atoms with Crippen molar-refractivity contribution in [1.82, 2.24) is 15.5 Å². The van der Waals surface area contributed by atoms with Gasteiger partial charge in [-0.3, -0.25) is 9.59 Å². The molecule has 3 amide bonds. The molecule has 1 heterocycles. The Morgan fingerprint density at radius 1 is 1.18 bits per heavy atom. The minimum Gasteiger partial charge on any atom is -0.489 e. The number of nitrogens with zero attached hydrogens (tertiary/aromatic N) is 1. The number of nitrogens with one attached hydrogen (secondary N) is 2. The van der Waals surface area contributed by atoms with Crippen LogP contribution in [0.2, 0.25) is 0 Å². The van der Waals surface area contributed by atoms with Crippen LogP contribution in [0, 0.1) is 0 Å². The average Bonchev–Trinajstić information content (AvgIpc) is 2.72. The lowest BCUT2D eigenvalue weighted by Gasteiger charge is -2.28. The Morgan fingerprint density at radius 2 is 1.88 bits per heavy atom. The van der Waals surface area contributed by atoms with E-state index in [2.05, 4.69) is 5.32 Å². The van der Waals surface area contributed by atoms with E-state index in [1.165, 1.54) is 17.0 Å². The number of alkyl carbamates (subject to hydrolysis) is 1. The van der Waals surface area contributed by atoms with Crippen LogP contribution < -0.4 is 15.4 Å². The Morgan fingerprint density at radius 3 is 2.50 bits per heavy atom. The second kappa shape index (κ2) is 11.2. The number of alkyl halides is 3. The number of carbonyl (C=O) groups is 3. The second-order valence-corrected chi connectivity index (χ2v) is 8.60. The Balaban J connectivity index is 1.89. The number of hydrogen-bond acceptors (Lipinski definition) is 5. The molecule has 1 aromatic carbocycles. The molecule has 0 atom stereocenters. The molecule has 0 saturated heterocycles. The molecule has 2 rings (SSSR count). The smallest absolute Gasteiger partial charge is 0.407 e. The van der Waals surface area contributed by atoms with Gasteiger partial charge in [-0.2, -0.15) is 13.2 Å². The maximum atomic E-state index is 13.2. The molecular formula is C22H27F4N3O5. The number of fused-ring (bicyclic) bond motifs is 1. The first-order valence-electron chi connectivity index (χ1n) is 10.4. The highest BCUT2D eigenvalue weighted by atomic mass is 19.4. The van der Waals surface area contributed by atoms with E-state index in [4.69, 9.17) is 9.47 Å². The van der Waals surface area contributed by atoms with Crippen LogP contribution >= 0.6 is 0 Å². The molecule has 0 aliphatic carbocycles. The summed E-state index contributed by atoms with van der Waals surface area (Å²) in [6, 6.07) is 4.57. The van der Waals surface area contributed by atoms with Gasteiger partial charge in [-0.15, -0.1) is 0 Å². The Bertz CT molecular complexity index is 941. The molecule has 0 bridgehead atoms. The molecule has 8 nitrogen and oxygen atoms in total. The van der Waals surface area contributed by atoms with Crippen molar-refractivity contribution in [3.05, 3.63) is 41.2 Å². The topological polar surface area (TPSA) is 97.0 Å². The van der Waals surface area contributed by atoms with Gasteiger partial charge in [-0.1, -0.05) is 0 Å². The van der Waals surface area contributed by atoms with Crippen LogP contribution in [0.3, 0.4) is 0 Å². The summed E-state index contributed by atoms with van der Waals surface area (Å²) in [5, 5.41) is 4.16. The van der Waals surface area contributed by atoms with Crippen LogP contribution in [0.4, 0.5) is 22.4 Å². The Labute approximate surface area is 194 Å². The standard InChI is InChI=1S/C22H27F4N3O5/c1-21(2,3)34-20(32)27-10-14(9-23)12-33-16-4-5-17-15(8-16)6-7-29(19(17)31)11-18(30)28-13-22(24,25)26/h4-5,8-9H,6-7,10-13H2,1-3H3,(H,27,32)(H,28,30)/b14-9-. The molecule has 0 aromatic heterocycles. The lowest BCUT2D eigenvalue weighted by molar-refractivity contribution is -0.138. The molecule has 0 spiro atoms. The van der Waals surface area contributed by atoms with E-state index in [1.54, 1.807) is 32.2 Å². The number of ether oxygens (including phenoxy) is 2. The molecule has 188 valence electrons. The zero-order chi connectivity index (χ0) is 25.5. The summed E-state index contributed by atoms with van der Waals surface area (Å²) in [6.45, 7) is 3.00. The Kier molecular flexibility index (Phi) is 8.88. The van der Waals surface area contributed by atoms with Gasteiger partial charge in [0.05, 0.1) is 12.9 Å². The molecule has 0 unspecified atom stereocenters. The predicted octanol–water partition coefficient (Wildman–Crippen LogP) is 3.12. The Hall–Kier alpha value is -3.31. The van der Waals surface area contributed by atoms with E-state index in [-0.39, 0.29) is 25.3 Å². The molecule has 0 fully saturated rings. The van der Waals surface area contributed by atoms with Gasteiger partial charge >= 0.3 is 12.3 Å². The summed E-state index contributed by atoms with van der Waals surface area (Å²) in [6.07, 6.45) is -4.55. The first-order chi connectivity index (χ1) is 15.8. The quantitative estimate of drug-likeness (QED) is 0.547. The van der Waals surface area contributed by atoms with E-state index in [9.17, 15) is 31.9 Å². The van der Waals surface area contributed by atoms with E-state index < -0.39 is 42.8 Å². The van der Waals surface area contributed by atoms with Crippen molar-refractivity contribution in [1.29, 1.82) is 0 Å². The largest absolute Gasteiger partial charge is 0.489 e. The van der Waals surface area contributed by atoms with Crippen molar-refractivity contribution in [2.75, 3.05) is 32.8 Å². The van der Waals surface area contributed by atoms with Crippen molar-refractivity contribution in [2.24, 2.45) is 0 Å². The minimum atomic E-state index is -4.53. The maximum Gasteiger partial charge on any atom is 0.407 e. The second-order valence-electron chi connectivity index (χ2n) is 8.60. The van der Waals surface area contributed by atoms with Gasteiger partial charge in [-0.25, -0.2) is 9.18 Å². The number of rotatable bonds is 8. The summed E-state index contributed by atoms with van der Waals surface area (Å²) in [5.41, 5.74) is 0.390. The van der Waals surface area contributed by atoms with Crippen LogP contribution in [0.25, 0.3) is 0 Å². The summed E-state index contributed by atoms with van der Waals surface area (Å²) in [7, 11) is 0. The predicted molar refractivity (Wildman–Crippen MR) is 114 cm³/mol. The van der Waals surface area contributed by atoms with Gasteiger partial charge in [-0.05, 0) is 51.0 Å². The van der Waals surface area contributed by atoms with E-state index in [0.29, 0.717) is 29.6 Å². The summed E-state index contributed by atoms with van der Waals surface area (Å²) < 4.78 is 60.5. The van der Waals surface area contributed by atoms with Gasteiger partial charge in [0.1, 0.15) is 24.5 Å². The van der Waals surface area contributed by atoms with E-state index in [1.807, 2.05) is 0 Å². The first kappa shape index (κ1) is 26.9. The molecule has 0 saturated carbocycles. The zero-order valence-electron chi connectivity index (χ0n) is 19.1. The van der Waals surface area contributed by atoms with E-state index >= 15 is 0 Å². The summed E-state index contributed by atoms with van der Waals surface area (Å²) in [5.74, 6) is -1.03. The van der Waals surface area contributed by atoms with Crippen LogP contribution in [0.1, 0.15) is 36.7 Å². The fraction of sp³-hybridized carbons (Fsp3) is 0.500. The zero-order valence-corrected chi connectivity index (χ0v) is 19.1. The number of benzene rings is 1. The number of amides is 3. The molecule has 34 heavy (non-hydrogen) atoms. The molecule has 2 N–H and O–H groups in total. The highest BCUT2D eigenvalue weighted by Crippen LogP contribution is 2.24. The van der Waals surface area contributed by atoms with Gasteiger partial charge < -0.3 is 25.0 Å². The lowest BCUT2D eigenvalue weighted by Crippen LogP contribution is -2.45. The fourth-order valence-corrected chi connectivity index (χ4v) is 2.98. The van der Waals surface area contributed by atoms with Crippen molar-refractivity contribution in [2.45, 2.75) is 39.0 Å². The summed E-state index contributed by atoms with van der Waals surface area (Å²) in [4.78, 5) is 37.2. The molecule has 0 radical (unpaired) electrons. The molecular weight excluding hydrogens is 462 g/mol. The molecule has 1 aromatic rings. The fourth-order valence-electron chi connectivity index (χ4n) is 2.98. The monoisotopic (exact) mass is 489 g/mol. The maximum absolute atomic E-state index is 13.2. The van der Waals surface area contributed by atoms with E-state index in [0.717, 1.165) is 0 Å². The molecule has 12 heteroatoms. The van der Waals surface area contributed by atoms with Gasteiger partial charge in [0.25, 0.3) is 5.91 Å². The third kappa shape index (κ3) is 8.91. The first-order valence-corrected chi connectivity index (χ1v) is 10.4. The number of halogens is 4. The van der Waals surface area contributed by atoms with Gasteiger partial charge in [0.2, 0.25) is 5.91 Å². The number of hydrogen-bond donors (Lipinski definition) is 2. The molecule has 1 aliphatic heterocycles. The third-order valence-corrected chi connectivity index (χ3v) is 4.50. The normalized spacial score (nSPS) is 14.4. The van der Waals surface area contributed by atoms with Crippen LogP contribution in [-0.2, 0) is 16.0 Å². The highest BCUT2D eigenvalue weighted by molar-refractivity contribution is 5.98. The number of carbonyl (C=O) groups excluding carboxylic acids is 3.